The van der Waals surface area contributed by atoms with E-state index >= 15 is 0 Å². The molecular formula is C19H20N6OS. The van der Waals surface area contributed by atoms with E-state index in [1.54, 1.807) is 11.3 Å². The standard InChI is InChI=1S/C19H20N6OS/c1-11-21-24-19(27-11)12-2-7-16-13(8-12)9-17(23-22-16)20-18(26)10-25-14-3-4-15(25)6-5-14/h2,7-9,14-15H,3-6,10H2,1H3,(H,20,23,26). The maximum absolute atomic E-state index is 12.5. The predicted molar refractivity (Wildman–Crippen MR) is 105 cm³/mol. The third-order valence-electron chi connectivity index (χ3n) is 5.56. The Labute approximate surface area is 160 Å². The van der Waals surface area contributed by atoms with E-state index in [1.165, 1.54) is 25.7 Å². The van der Waals surface area contributed by atoms with Gasteiger partial charge in [-0.15, -0.1) is 20.4 Å². The number of fused-ring (bicyclic) bond motifs is 3. The predicted octanol–water partition coefficient (Wildman–Crippen LogP) is 3.02. The fourth-order valence-electron chi connectivity index (χ4n) is 4.28. The lowest BCUT2D eigenvalue weighted by atomic mass is 10.0. The maximum Gasteiger partial charge on any atom is 0.239 e. The van der Waals surface area contributed by atoms with Crippen molar-refractivity contribution in [3.05, 3.63) is 29.3 Å². The summed E-state index contributed by atoms with van der Waals surface area (Å²) in [6, 6.07) is 8.94. The average Bonchev–Trinajstić information content (AvgIpc) is 3.37. The Hall–Kier alpha value is -2.45. The van der Waals surface area contributed by atoms with Crippen LogP contribution in [0.1, 0.15) is 30.7 Å². The first kappa shape index (κ1) is 16.7. The Morgan fingerprint density at radius 3 is 2.59 bits per heavy atom. The molecule has 1 amide bonds. The van der Waals surface area contributed by atoms with Crippen molar-refractivity contribution in [1.29, 1.82) is 0 Å². The van der Waals surface area contributed by atoms with Gasteiger partial charge in [0.25, 0.3) is 0 Å². The van der Waals surface area contributed by atoms with Gasteiger partial charge in [0, 0.05) is 23.0 Å². The van der Waals surface area contributed by atoms with Crippen LogP contribution in [0.5, 0.6) is 0 Å². The maximum atomic E-state index is 12.5. The second-order valence-electron chi connectivity index (χ2n) is 7.31. The number of hydrogen-bond donors (Lipinski definition) is 1. The summed E-state index contributed by atoms with van der Waals surface area (Å²) in [5, 5.41) is 22.3. The van der Waals surface area contributed by atoms with Gasteiger partial charge < -0.3 is 5.32 Å². The molecule has 8 heteroatoms. The van der Waals surface area contributed by atoms with Gasteiger partial charge in [-0.2, -0.15) is 0 Å². The number of amides is 1. The Morgan fingerprint density at radius 2 is 1.89 bits per heavy atom. The number of rotatable bonds is 4. The zero-order valence-corrected chi connectivity index (χ0v) is 15.9. The molecule has 7 nitrogen and oxygen atoms in total. The molecule has 2 fully saturated rings. The summed E-state index contributed by atoms with van der Waals surface area (Å²) in [6.45, 7) is 2.38. The number of hydrogen-bond acceptors (Lipinski definition) is 7. The van der Waals surface area contributed by atoms with E-state index in [0.29, 0.717) is 24.4 Å². The smallest absolute Gasteiger partial charge is 0.239 e. The van der Waals surface area contributed by atoms with E-state index in [4.69, 9.17) is 0 Å². The fourth-order valence-corrected chi connectivity index (χ4v) is 4.97. The minimum absolute atomic E-state index is 0.0154. The van der Waals surface area contributed by atoms with Crippen molar-refractivity contribution in [2.45, 2.75) is 44.7 Å². The number of aromatic nitrogens is 4. The van der Waals surface area contributed by atoms with Gasteiger partial charge in [-0.3, -0.25) is 9.69 Å². The number of carbonyl (C=O) groups is 1. The minimum atomic E-state index is -0.0154. The number of anilines is 1. The molecule has 2 aliphatic heterocycles. The Kier molecular flexibility index (Phi) is 4.09. The van der Waals surface area contributed by atoms with E-state index in [2.05, 4.69) is 30.6 Å². The average molecular weight is 380 g/mol. The number of nitrogens with zero attached hydrogens (tertiary/aromatic N) is 5. The number of aryl methyl sites for hydroxylation is 1. The summed E-state index contributed by atoms with van der Waals surface area (Å²) in [5.74, 6) is 0.475. The summed E-state index contributed by atoms with van der Waals surface area (Å²) in [5.41, 5.74) is 1.78. The van der Waals surface area contributed by atoms with Crippen molar-refractivity contribution >= 4 is 34.0 Å². The molecule has 2 saturated heterocycles. The molecule has 0 radical (unpaired) electrons. The highest BCUT2D eigenvalue weighted by molar-refractivity contribution is 7.14. The summed E-state index contributed by atoms with van der Waals surface area (Å²) < 4.78 is 0. The van der Waals surface area contributed by atoms with E-state index < -0.39 is 0 Å². The van der Waals surface area contributed by atoms with Gasteiger partial charge in [-0.05, 0) is 56.9 Å². The Morgan fingerprint density at radius 1 is 1.11 bits per heavy atom. The molecule has 138 valence electrons. The fraction of sp³-hybridized carbons (Fsp3) is 0.421. The van der Waals surface area contributed by atoms with Gasteiger partial charge in [-0.1, -0.05) is 11.3 Å². The van der Waals surface area contributed by atoms with Gasteiger partial charge in [0.15, 0.2) is 5.82 Å². The highest BCUT2D eigenvalue weighted by atomic mass is 32.1. The van der Waals surface area contributed by atoms with Crippen molar-refractivity contribution in [3.63, 3.8) is 0 Å². The second kappa shape index (κ2) is 6.61. The molecule has 27 heavy (non-hydrogen) atoms. The first-order valence-electron chi connectivity index (χ1n) is 9.29. The summed E-state index contributed by atoms with van der Waals surface area (Å²) in [4.78, 5) is 14.8. The van der Waals surface area contributed by atoms with Crippen LogP contribution in [-0.4, -0.2) is 49.8 Å². The molecule has 2 bridgehead atoms. The number of nitrogens with one attached hydrogen (secondary N) is 1. The van der Waals surface area contributed by atoms with Crippen LogP contribution in [0.2, 0.25) is 0 Å². The monoisotopic (exact) mass is 380 g/mol. The molecule has 0 spiro atoms. The lowest BCUT2D eigenvalue weighted by molar-refractivity contribution is -0.117. The van der Waals surface area contributed by atoms with Crippen molar-refractivity contribution in [2.75, 3.05) is 11.9 Å². The molecule has 3 aromatic rings. The normalized spacial score (nSPS) is 21.8. The third kappa shape index (κ3) is 3.19. The van der Waals surface area contributed by atoms with Crippen LogP contribution in [0.25, 0.3) is 21.5 Å². The summed E-state index contributed by atoms with van der Waals surface area (Å²) in [7, 11) is 0. The summed E-state index contributed by atoms with van der Waals surface area (Å²) in [6.07, 6.45) is 4.90. The highest BCUT2D eigenvalue weighted by Gasteiger charge is 2.39. The van der Waals surface area contributed by atoms with Crippen LogP contribution in [0.3, 0.4) is 0 Å². The van der Waals surface area contributed by atoms with Gasteiger partial charge in [0.05, 0.1) is 12.1 Å². The number of carbonyl (C=O) groups excluding carboxylic acids is 1. The lowest BCUT2D eigenvalue weighted by Crippen LogP contribution is -2.36. The van der Waals surface area contributed by atoms with Crippen LogP contribution in [0.15, 0.2) is 24.3 Å². The zero-order chi connectivity index (χ0) is 18.4. The molecule has 1 N–H and O–H groups in total. The molecule has 0 aliphatic carbocycles. The molecule has 0 saturated carbocycles. The largest absolute Gasteiger partial charge is 0.308 e. The first-order valence-corrected chi connectivity index (χ1v) is 10.1. The van der Waals surface area contributed by atoms with Crippen molar-refractivity contribution < 1.29 is 4.79 Å². The van der Waals surface area contributed by atoms with Crippen molar-refractivity contribution in [2.24, 2.45) is 0 Å². The van der Waals surface area contributed by atoms with E-state index in [1.807, 2.05) is 31.2 Å². The first-order chi connectivity index (χ1) is 13.2. The van der Waals surface area contributed by atoms with E-state index in [9.17, 15) is 4.79 Å². The van der Waals surface area contributed by atoms with Crippen molar-refractivity contribution in [3.8, 4) is 10.6 Å². The Bertz CT molecular complexity index is 998. The number of benzene rings is 1. The van der Waals surface area contributed by atoms with Gasteiger partial charge in [0.2, 0.25) is 5.91 Å². The molecule has 2 aliphatic rings. The lowest BCUT2D eigenvalue weighted by Gasteiger charge is -2.20. The van der Waals surface area contributed by atoms with Crippen LogP contribution in [0, 0.1) is 6.92 Å². The van der Waals surface area contributed by atoms with Crippen LogP contribution >= 0.6 is 11.3 Å². The zero-order valence-electron chi connectivity index (χ0n) is 15.1. The molecule has 2 aromatic heterocycles. The van der Waals surface area contributed by atoms with E-state index in [0.717, 1.165) is 26.5 Å². The molecule has 4 heterocycles. The second-order valence-corrected chi connectivity index (χ2v) is 8.49. The van der Waals surface area contributed by atoms with Gasteiger partial charge in [0.1, 0.15) is 10.0 Å². The van der Waals surface area contributed by atoms with Gasteiger partial charge >= 0.3 is 0 Å². The topological polar surface area (TPSA) is 83.9 Å². The quantitative estimate of drug-likeness (QED) is 0.749. The molecular weight excluding hydrogens is 360 g/mol. The van der Waals surface area contributed by atoms with Crippen LogP contribution in [-0.2, 0) is 4.79 Å². The van der Waals surface area contributed by atoms with Crippen molar-refractivity contribution in [1.82, 2.24) is 25.3 Å². The molecule has 0 unspecified atom stereocenters. The molecule has 0 atom stereocenters. The van der Waals surface area contributed by atoms with Crippen LogP contribution in [0.4, 0.5) is 5.82 Å². The summed E-state index contributed by atoms with van der Waals surface area (Å²) >= 11 is 1.55. The minimum Gasteiger partial charge on any atom is -0.308 e. The van der Waals surface area contributed by atoms with Gasteiger partial charge in [-0.25, -0.2) is 0 Å². The highest BCUT2D eigenvalue weighted by Crippen LogP contribution is 2.37. The third-order valence-corrected chi connectivity index (χ3v) is 6.44. The molecule has 1 aromatic carbocycles. The molecule has 5 rings (SSSR count). The SMILES string of the molecule is Cc1nnc(-c2ccc3nnc(NC(=O)CN4C5CCC4CC5)cc3c2)s1. The van der Waals surface area contributed by atoms with Crippen LogP contribution < -0.4 is 5.32 Å². The Balaban J connectivity index is 1.35. The van der Waals surface area contributed by atoms with E-state index in [-0.39, 0.29) is 5.91 Å².